The number of nitrogens with one attached hydrogen (secondary N) is 1. The average molecular weight is 326 g/mol. The lowest BCUT2D eigenvalue weighted by molar-refractivity contribution is 0.211. The van der Waals surface area contributed by atoms with Gasteiger partial charge in [0.1, 0.15) is 11.5 Å². The van der Waals surface area contributed by atoms with Gasteiger partial charge in [0.25, 0.3) is 0 Å². The Balaban J connectivity index is 2.02. The summed E-state index contributed by atoms with van der Waals surface area (Å²) in [5.41, 5.74) is 0.545. The van der Waals surface area contributed by atoms with E-state index in [0.717, 1.165) is 0 Å². The summed E-state index contributed by atoms with van der Waals surface area (Å²) in [6, 6.07) is 11.4. The average Bonchev–Trinajstić information content (AvgIpc) is 2.55. The molecule has 2 aromatic carbocycles. The summed E-state index contributed by atoms with van der Waals surface area (Å²) in [7, 11) is 1.57. The van der Waals surface area contributed by atoms with Crippen LogP contribution in [0.4, 0.5) is 10.1 Å². The first-order valence-corrected chi connectivity index (χ1v) is 7.25. The van der Waals surface area contributed by atoms with Gasteiger partial charge in [0.15, 0.2) is 11.6 Å². The Labute approximate surface area is 133 Å². The summed E-state index contributed by atoms with van der Waals surface area (Å²) in [4.78, 5) is 0. The van der Waals surface area contributed by atoms with Crippen LogP contribution < -0.4 is 14.8 Å². The van der Waals surface area contributed by atoms with Crippen molar-refractivity contribution < 1.29 is 19.0 Å². The summed E-state index contributed by atoms with van der Waals surface area (Å²) in [5.74, 6) is 0.951. The van der Waals surface area contributed by atoms with E-state index < -0.39 is 11.9 Å². The zero-order chi connectivity index (χ0) is 15.9. The summed E-state index contributed by atoms with van der Waals surface area (Å²) in [6.45, 7) is 0.252. The molecule has 4 nitrogen and oxygen atoms in total. The molecule has 0 amide bonds. The molecule has 0 aliphatic carbocycles. The lowest BCUT2D eigenvalue weighted by atomic mass is 10.2. The lowest BCUT2D eigenvalue weighted by Gasteiger charge is -2.12. The zero-order valence-electron chi connectivity index (χ0n) is 12.1. The highest BCUT2D eigenvalue weighted by atomic mass is 35.5. The van der Waals surface area contributed by atoms with Gasteiger partial charge in [-0.3, -0.25) is 0 Å². The van der Waals surface area contributed by atoms with Crippen LogP contribution >= 0.6 is 11.6 Å². The predicted octanol–water partition coefficient (Wildman–Crippen LogP) is 3.64. The number of hydrogen-bond acceptors (Lipinski definition) is 4. The molecule has 0 saturated carbocycles. The summed E-state index contributed by atoms with van der Waals surface area (Å²) >= 11 is 5.49. The largest absolute Gasteiger partial charge is 0.497 e. The van der Waals surface area contributed by atoms with Crippen LogP contribution in [-0.4, -0.2) is 30.7 Å². The van der Waals surface area contributed by atoms with Crippen LogP contribution in [0.3, 0.4) is 0 Å². The van der Waals surface area contributed by atoms with Crippen molar-refractivity contribution >= 4 is 17.3 Å². The van der Waals surface area contributed by atoms with E-state index in [4.69, 9.17) is 21.1 Å². The number of hydrogen-bond donors (Lipinski definition) is 2. The number of ether oxygens (including phenoxy) is 2. The Hall–Kier alpha value is -1.98. The van der Waals surface area contributed by atoms with Crippen molar-refractivity contribution in [3.05, 3.63) is 48.3 Å². The monoisotopic (exact) mass is 325 g/mol. The molecule has 0 spiro atoms. The number of methoxy groups -OCH3 is 1. The van der Waals surface area contributed by atoms with Crippen LogP contribution in [0, 0.1) is 5.82 Å². The Morgan fingerprint density at radius 2 is 1.86 bits per heavy atom. The third-order valence-corrected chi connectivity index (χ3v) is 3.30. The number of anilines is 1. The van der Waals surface area contributed by atoms with Crippen molar-refractivity contribution in [1.82, 2.24) is 0 Å². The molecule has 22 heavy (non-hydrogen) atoms. The molecule has 2 N–H and O–H groups in total. The van der Waals surface area contributed by atoms with Crippen LogP contribution in [0.1, 0.15) is 0 Å². The minimum atomic E-state index is -0.681. The van der Waals surface area contributed by atoms with Gasteiger partial charge in [-0.05, 0) is 36.4 Å². The highest BCUT2D eigenvalue weighted by molar-refractivity contribution is 6.18. The van der Waals surface area contributed by atoms with Gasteiger partial charge < -0.3 is 19.9 Å². The van der Waals surface area contributed by atoms with E-state index in [0.29, 0.717) is 17.2 Å². The summed E-state index contributed by atoms with van der Waals surface area (Å²) in [5, 5.41) is 12.3. The molecule has 6 heteroatoms. The second-order valence-corrected chi connectivity index (χ2v) is 4.92. The van der Waals surface area contributed by atoms with Gasteiger partial charge in [-0.15, -0.1) is 11.6 Å². The fourth-order valence-corrected chi connectivity index (χ4v) is 1.86. The summed E-state index contributed by atoms with van der Waals surface area (Å²) < 4.78 is 24.5. The molecule has 1 unspecified atom stereocenters. The lowest BCUT2D eigenvalue weighted by Crippen LogP contribution is -2.20. The maximum atomic E-state index is 14.0. The highest BCUT2D eigenvalue weighted by Gasteiger charge is 2.08. The molecule has 0 fully saturated rings. The normalized spacial score (nSPS) is 11.8. The van der Waals surface area contributed by atoms with Crippen LogP contribution in [-0.2, 0) is 0 Å². The first kappa shape index (κ1) is 16.4. The first-order valence-electron chi connectivity index (χ1n) is 6.71. The van der Waals surface area contributed by atoms with Gasteiger partial charge in [0, 0.05) is 18.3 Å². The van der Waals surface area contributed by atoms with Crippen molar-refractivity contribution in [1.29, 1.82) is 0 Å². The van der Waals surface area contributed by atoms with Crippen LogP contribution in [0.2, 0.25) is 0 Å². The highest BCUT2D eigenvalue weighted by Crippen LogP contribution is 2.27. The van der Waals surface area contributed by atoms with E-state index in [1.54, 1.807) is 37.4 Å². The number of halogens is 2. The van der Waals surface area contributed by atoms with E-state index in [9.17, 15) is 9.50 Å². The van der Waals surface area contributed by atoms with Gasteiger partial charge in [-0.1, -0.05) is 0 Å². The van der Waals surface area contributed by atoms with E-state index in [1.165, 1.54) is 12.1 Å². The fraction of sp³-hybridized carbons (Fsp3) is 0.250. The number of aliphatic hydroxyl groups is 1. The third kappa shape index (κ3) is 4.51. The van der Waals surface area contributed by atoms with Gasteiger partial charge in [0.05, 0.1) is 19.1 Å². The first-order chi connectivity index (χ1) is 10.6. The molecule has 0 aliphatic heterocycles. The maximum absolute atomic E-state index is 14.0. The quantitative estimate of drug-likeness (QED) is 0.763. The Morgan fingerprint density at radius 3 is 2.45 bits per heavy atom. The smallest absolute Gasteiger partial charge is 0.167 e. The second-order valence-electron chi connectivity index (χ2n) is 4.61. The maximum Gasteiger partial charge on any atom is 0.167 e. The molecule has 2 aromatic rings. The molecule has 0 radical (unpaired) electrons. The van der Waals surface area contributed by atoms with Crippen molar-refractivity contribution in [2.45, 2.75) is 6.10 Å². The fourth-order valence-electron chi connectivity index (χ4n) is 1.75. The predicted molar refractivity (Wildman–Crippen MR) is 84.7 cm³/mol. The minimum Gasteiger partial charge on any atom is -0.497 e. The van der Waals surface area contributed by atoms with E-state index >= 15 is 0 Å². The van der Waals surface area contributed by atoms with Crippen molar-refractivity contribution in [3.8, 4) is 17.2 Å². The van der Waals surface area contributed by atoms with Gasteiger partial charge in [0.2, 0.25) is 0 Å². The number of rotatable bonds is 7. The second kappa shape index (κ2) is 7.87. The van der Waals surface area contributed by atoms with Crippen LogP contribution in [0.15, 0.2) is 42.5 Å². The standard InChI is InChI=1S/C16H17ClFNO3/c1-21-13-3-5-14(6-4-13)22-16-7-2-11(8-15(16)18)19-10-12(20)9-17/h2-8,12,19-20H,9-10H2,1H3. The SMILES string of the molecule is COc1ccc(Oc2ccc(NCC(O)CCl)cc2F)cc1. The number of alkyl halides is 1. The zero-order valence-corrected chi connectivity index (χ0v) is 12.8. The molecule has 0 saturated heterocycles. The molecule has 0 heterocycles. The number of benzene rings is 2. The van der Waals surface area contributed by atoms with Crippen molar-refractivity contribution in [2.75, 3.05) is 24.9 Å². The van der Waals surface area contributed by atoms with E-state index in [-0.39, 0.29) is 18.2 Å². The van der Waals surface area contributed by atoms with Crippen molar-refractivity contribution in [3.63, 3.8) is 0 Å². The van der Waals surface area contributed by atoms with Gasteiger partial charge in [-0.2, -0.15) is 0 Å². The third-order valence-electron chi connectivity index (χ3n) is 2.94. The molecule has 118 valence electrons. The molecule has 2 rings (SSSR count). The van der Waals surface area contributed by atoms with E-state index in [1.807, 2.05) is 0 Å². The molecular formula is C16H17ClFNO3. The van der Waals surface area contributed by atoms with Crippen LogP contribution in [0.25, 0.3) is 0 Å². The van der Waals surface area contributed by atoms with Crippen LogP contribution in [0.5, 0.6) is 17.2 Å². The van der Waals surface area contributed by atoms with E-state index in [2.05, 4.69) is 5.32 Å². The molecule has 1 atom stereocenters. The topological polar surface area (TPSA) is 50.7 Å². The Bertz CT molecular complexity index is 607. The Kier molecular flexibility index (Phi) is 5.86. The molecule has 0 bridgehead atoms. The van der Waals surface area contributed by atoms with Crippen molar-refractivity contribution in [2.24, 2.45) is 0 Å². The van der Waals surface area contributed by atoms with Gasteiger partial charge >= 0.3 is 0 Å². The minimum absolute atomic E-state index is 0.119. The number of aliphatic hydroxyl groups excluding tert-OH is 1. The molecule has 0 aromatic heterocycles. The Morgan fingerprint density at radius 1 is 1.18 bits per heavy atom. The molecule has 0 aliphatic rings. The van der Waals surface area contributed by atoms with Gasteiger partial charge in [-0.25, -0.2) is 4.39 Å². The molecular weight excluding hydrogens is 309 g/mol. The summed E-state index contributed by atoms with van der Waals surface area (Å²) in [6.07, 6.45) is -0.681.